The molecule has 1 aliphatic rings. The van der Waals surface area contributed by atoms with Crippen molar-refractivity contribution in [2.24, 2.45) is 0 Å². The van der Waals surface area contributed by atoms with Crippen LogP contribution in [0.3, 0.4) is 0 Å². The lowest BCUT2D eigenvalue weighted by atomic mass is 10.0. The van der Waals surface area contributed by atoms with Crippen molar-refractivity contribution < 1.29 is 13.2 Å². The number of piperidine rings is 1. The van der Waals surface area contributed by atoms with Gasteiger partial charge in [0.05, 0.1) is 18.0 Å². The second kappa shape index (κ2) is 12.5. The molecule has 13 heteroatoms. The zero-order chi connectivity index (χ0) is 29.0. The van der Waals surface area contributed by atoms with Crippen molar-refractivity contribution in [1.82, 2.24) is 24.2 Å². The highest BCUT2D eigenvalue weighted by Gasteiger charge is 2.24. The molecular weight excluding hydrogens is 552 g/mol. The maximum atomic E-state index is 12.8. The topological polar surface area (TPSA) is 116 Å². The molecule has 0 amide bonds. The molecular formula is C27H37ClN8O3S. The third kappa shape index (κ3) is 6.92. The smallest absolute Gasteiger partial charge is 0.244 e. The Hall–Kier alpha value is -3.19. The van der Waals surface area contributed by atoms with Gasteiger partial charge < -0.3 is 25.2 Å². The Morgan fingerprint density at radius 1 is 1.00 bits per heavy atom. The van der Waals surface area contributed by atoms with Gasteiger partial charge in [0, 0.05) is 33.2 Å². The average molecular weight is 589 g/mol. The van der Waals surface area contributed by atoms with Crippen molar-refractivity contribution in [3.8, 4) is 5.88 Å². The number of benzene rings is 1. The quantitative estimate of drug-likeness (QED) is 0.348. The molecule has 3 aromatic rings. The van der Waals surface area contributed by atoms with E-state index in [4.69, 9.17) is 21.3 Å². The van der Waals surface area contributed by atoms with Crippen LogP contribution in [0.15, 0.2) is 47.5 Å². The number of anilines is 5. The molecule has 0 saturated carbocycles. The van der Waals surface area contributed by atoms with Gasteiger partial charge in [0.2, 0.25) is 21.9 Å². The van der Waals surface area contributed by atoms with E-state index in [2.05, 4.69) is 44.5 Å². The highest BCUT2D eigenvalue weighted by atomic mass is 35.5. The normalized spacial score (nSPS) is 14.7. The van der Waals surface area contributed by atoms with E-state index in [1.54, 1.807) is 18.2 Å². The Kier molecular flexibility index (Phi) is 9.34. The Morgan fingerprint density at radius 3 is 2.35 bits per heavy atom. The van der Waals surface area contributed by atoms with Crippen LogP contribution in [-0.4, -0.2) is 86.0 Å². The van der Waals surface area contributed by atoms with Gasteiger partial charge >= 0.3 is 0 Å². The molecule has 40 heavy (non-hydrogen) atoms. The van der Waals surface area contributed by atoms with E-state index in [1.807, 2.05) is 26.0 Å². The Morgan fingerprint density at radius 2 is 1.70 bits per heavy atom. The molecule has 0 aliphatic carbocycles. The zero-order valence-electron chi connectivity index (χ0n) is 23.7. The van der Waals surface area contributed by atoms with Gasteiger partial charge in [0.1, 0.15) is 21.4 Å². The van der Waals surface area contributed by atoms with Gasteiger partial charge in [-0.25, -0.2) is 17.7 Å². The summed E-state index contributed by atoms with van der Waals surface area (Å²) in [7, 11) is 3.51. The summed E-state index contributed by atoms with van der Waals surface area (Å²) in [5.41, 5.74) is 0.945. The molecule has 1 aliphatic heterocycles. The van der Waals surface area contributed by atoms with Crippen LogP contribution in [-0.2, 0) is 10.0 Å². The van der Waals surface area contributed by atoms with Gasteiger partial charge in [0.15, 0.2) is 5.82 Å². The van der Waals surface area contributed by atoms with Crippen molar-refractivity contribution in [2.45, 2.75) is 43.7 Å². The van der Waals surface area contributed by atoms with Gasteiger partial charge in [0.25, 0.3) is 0 Å². The molecule has 1 aromatic carbocycles. The summed E-state index contributed by atoms with van der Waals surface area (Å²) in [6, 6.07) is 11.0. The van der Waals surface area contributed by atoms with Gasteiger partial charge in [-0.1, -0.05) is 23.7 Å². The van der Waals surface area contributed by atoms with Crippen LogP contribution >= 0.6 is 11.6 Å². The molecule has 1 fully saturated rings. The van der Waals surface area contributed by atoms with Crippen LogP contribution in [0.25, 0.3) is 0 Å². The molecule has 3 heterocycles. The molecule has 0 atom stereocenters. The molecule has 4 rings (SSSR count). The fraction of sp³-hybridized carbons (Fsp3) is 0.444. The third-order valence-electron chi connectivity index (χ3n) is 6.60. The number of hydrogen-bond donors (Lipinski definition) is 2. The summed E-state index contributed by atoms with van der Waals surface area (Å²) in [5, 5.41) is 6.47. The van der Waals surface area contributed by atoms with Gasteiger partial charge in [-0.15, -0.1) is 0 Å². The lowest BCUT2D eigenvalue weighted by Gasteiger charge is -2.36. The minimum atomic E-state index is -3.70. The average Bonchev–Trinajstić information content (AvgIpc) is 2.91. The fourth-order valence-corrected chi connectivity index (χ4v) is 5.56. The summed E-state index contributed by atoms with van der Waals surface area (Å²) in [4.78, 5) is 18.3. The summed E-state index contributed by atoms with van der Waals surface area (Å²) < 4.78 is 32.9. The largest absolute Gasteiger partial charge is 0.473 e. The number of halogens is 1. The number of ether oxygens (including phenoxy) is 1. The summed E-state index contributed by atoms with van der Waals surface area (Å²) in [6.45, 7) is 5.73. The molecule has 0 unspecified atom stereocenters. The summed E-state index contributed by atoms with van der Waals surface area (Å²) in [6.07, 6.45) is 3.49. The first-order chi connectivity index (χ1) is 19.0. The standard InChI is InChI=1S/C27H37ClN8O3S/c1-18(2)39-26-22(11-12-24(32-26)36-15-13-19(14-16-36)34(3)4)31-27-29-17-20(28)25(33-27)30-21-9-7-8-10-23(21)40(37,38)35(5)6/h7-12,17-19H,13-16H2,1-6H3,(H2,29,30,31,33). The number of hydrogen-bond acceptors (Lipinski definition) is 10. The zero-order valence-corrected chi connectivity index (χ0v) is 25.3. The van der Waals surface area contributed by atoms with E-state index >= 15 is 0 Å². The number of aromatic nitrogens is 3. The van der Waals surface area contributed by atoms with E-state index in [0.29, 0.717) is 23.3 Å². The highest BCUT2D eigenvalue weighted by Crippen LogP contribution is 2.33. The number of rotatable bonds is 10. The van der Waals surface area contributed by atoms with Crippen LogP contribution in [0.2, 0.25) is 5.02 Å². The molecule has 11 nitrogen and oxygen atoms in total. The Balaban J connectivity index is 1.59. The first kappa shape index (κ1) is 29.8. The SMILES string of the molecule is CC(C)Oc1nc(N2CCC(N(C)C)CC2)ccc1Nc1ncc(Cl)c(Nc2ccccc2S(=O)(=O)N(C)C)n1. The summed E-state index contributed by atoms with van der Waals surface area (Å²) >= 11 is 6.39. The van der Waals surface area contributed by atoms with Crippen LogP contribution in [0.1, 0.15) is 26.7 Å². The number of sulfonamides is 1. The molecule has 1 saturated heterocycles. The molecule has 216 valence electrons. The van der Waals surface area contributed by atoms with E-state index in [9.17, 15) is 8.42 Å². The first-order valence-electron chi connectivity index (χ1n) is 13.1. The van der Waals surface area contributed by atoms with Crippen molar-refractivity contribution >= 4 is 50.6 Å². The molecule has 0 spiro atoms. The lowest BCUT2D eigenvalue weighted by Crippen LogP contribution is -2.42. The van der Waals surface area contributed by atoms with Crippen molar-refractivity contribution in [3.63, 3.8) is 0 Å². The van der Waals surface area contributed by atoms with Crippen LogP contribution in [0, 0.1) is 0 Å². The molecule has 2 aromatic heterocycles. The predicted molar refractivity (Wildman–Crippen MR) is 160 cm³/mol. The number of para-hydroxylation sites is 1. The number of nitrogens with one attached hydrogen (secondary N) is 2. The Labute approximate surface area is 241 Å². The highest BCUT2D eigenvalue weighted by molar-refractivity contribution is 7.89. The maximum Gasteiger partial charge on any atom is 0.244 e. The van der Waals surface area contributed by atoms with E-state index in [0.717, 1.165) is 36.1 Å². The second-order valence-electron chi connectivity index (χ2n) is 10.3. The first-order valence-corrected chi connectivity index (χ1v) is 14.9. The van der Waals surface area contributed by atoms with E-state index < -0.39 is 10.0 Å². The monoisotopic (exact) mass is 588 g/mol. The van der Waals surface area contributed by atoms with Crippen LogP contribution < -0.4 is 20.3 Å². The maximum absolute atomic E-state index is 12.8. The molecule has 0 bridgehead atoms. The second-order valence-corrected chi connectivity index (χ2v) is 12.8. The van der Waals surface area contributed by atoms with Crippen molar-refractivity contribution in [1.29, 1.82) is 0 Å². The van der Waals surface area contributed by atoms with E-state index in [-0.39, 0.29) is 27.8 Å². The van der Waals surface area contributed by atoms with Crippen LogP contribution in [0.4, 0.5) is 29.0 Å². The predicted octanol–water partition coefficient (Wildman–Crippen LogP) is 4.58. The van der Waals surface area contributed by atoms with Crippen LogP contribution in [0.5, 0.6) is 5.88 Å². The third-order valence-corrected chi connectivity index (χ3v) is 8.75. The Bertz CT molecular complexity index is 1430. The number of pyridine rings is 1. The van der Waals surface area contributed by atoms with E-state index in [1.165, 1.54) is 26.4 Å². The summed E-state index contributed by atoms with van der Waals surface area (Å²) in [5.74, 6) is 1.80. The number of nitrogens with zero attached hydrogens (tertiary/aromatic N) is 6. The molecule has 0 radical (unpaired) electrons. The van der Waals surface area contributed by atoms with Crippen molar-refractivity contribution in [2.75, 3.05) is 56.8 Å². The van der Waals surface area contributed by atoms with Gasteiger partial charge in [-0.3, -0.25) is 0 Å². The minimum Gasteiger partial charge on any atom is -0.473 e. The van der Waals surface area contributed by atoms with Gasteiger partial charge in [-0.2, -0.15) is 9.97 Å². The fourth-order valence-electron chi connectivity index (χ4n) is 4.38. The molecule has 2 N–H and O–H groups in total. The minimum absolute atomic E-state index is 0.0960. The lowest BCUT2D eigenvalue weighted by molar-refractivity contribution is 0.233. The van der Waals surface area contributed by atoms with Crippen molar-refractivity contribution in [3.05, 3.63) is 47.6 Å². The van der Waals surface area contributed by atoms with Gasteiger partial charge in [-0.05, 0) is 65.0 Å².